The number of nitrogens with zero attached hydrogens (tertiary/aromatic N) is 1. The van der Waals surface area contributed by atoms with Crippen molar-refractivity contribution < 1.29 is 9.59 Å². The van der Waals surface area contributed by atoms with Crippen molar-refractivity contribution in [3.63, 3.8) is 0 Å². The van der Waals surface area contributed by atoms with Crippen LogP contribution in [0.25, 0.3) is 0 Å². The molecule has 0 aliphatic carbocycles. The van der Waals surface area contributed by atoms with E-state index < -0.39 is 6.04 Å². The highest BCUT2D eigenvalue weighted by Crippen LogP contribution is 2.17. The normalized spacial score (nSPS) is 11.7. The van der Waals surface area contributed by atoms with Crippen LogP contribution >= 0.6 is 23.4 Å². The summed E-state index contributed by atoms with van der Waals surface area (Å²) in [4.78, 5) is 27.3. The average Bonchev–Trinajstić information content (AvgIpc) is 2.76. The van der Waals surface area contributed by atoms with Crippen molar-refractivity contribution in [3.05, 3.63) is 70.7 Å². The Balaban J connectivity index is 1.96. The van der Waals surface area contributed by atoms with E-state index in [0.29, 0.717) is 24.5 Å². The highest BCUT2D eigenvalue weighted by atomic mass is 35.5. The number of nitrogens with one attached hydrogen (secondary N) is 1. The van der Waals surface area contributed by atoms with Crippen molar-refractivity contribution in [2.24, 2.45) is 0 Å². The monoisotopic (exact) mass is 446 g/mol. The standard InChI is InChI=1S/C24H31ClN2O2S/c1-3-4-15-26-24(29)19(2)27(17-20-10-12-22(25)13-11-20)23(28)14-16-30-18-21-8-6-5-7-9-21/h5-13,19H,3-4,14-18H2,1-2H3,(H,26,29)/t19-/m0/s1. The number of rotatable bonds is 12. The Morgan fingerprint density at radius 1 is 1.07 bits per heavy atom. The zero-order chi connectivity index (χ0) is 21.8. The first-order valence-corrected chi connectivity index (χ1v) is 12.0. The molecule has 0 aliphatic rings. The summed E-state index contributed by atoms with van der Waals surface area (Å²) in [5.41, 5.74) is 2.20. The molecule has 0 spiro atoms. The molecular formula is C24H31ClN2O2S. The molecule has 0 aliphatic heterocycles. The molecule has 0 aromatic heterocycles. The van der Waals surface area contributed by atoms with Gasteiger partial charge < -0.3 is 10.2 Å². The summed E-state index contributed by atoms with van der Waals surface area (Å²) in [6.45, 7) is 4.91. The molecule has 1 atom stereocenters. The number of carbonyl (C=O) groups is 2. The third-order valence-electron chi connectivity index (χ3n) is 4.83. The Morgan fingerprint density at radius 2 is 1.77 bits per heavy atom. The number of hydrogen-bond donors (Lipinski definition) is 1. The average molecular weight is 447 g/mol. The Morgan fingerprint density at radius 3 is 2.43 bits per heavy atom. The molecule has 2 rings (SSSR count). The Labute approximate surface area is 189 Å². The predicted molar refractivity (Wildman–Crippen MR) is 127 cm³/mol. The zero-order valence-electron chi connectivity index (χ0n) is 17.8. The van der Waals surface area contributed by atoms with Gasteiger partial charge in [-0.1, -0.05) is 67.4 Å². The molecule has 0 heterocycles. The van der Waals surface area contributed by atoms with Gasteiger partial charge in [0.25, 0.3) is 0 Å². The molecule has 1 N–H and O–H groups in total. The number of amides is 2. The largest absolute Gasteiger partial charge is 0.354 e. The lowest BCUT2D eigenvalue weighted by molar-refractivity contribution is -0.140. The van der Waals surface area contributed by atoms with Gasteiger partial charge in [0.2, 0.25) is 11.8 Å². The van der Waals surface area contributed by atoms with E-state index in [2.05, 4.69) is 24.4 Å². The molecule has 0 saturated heterocycles. The van der Waals surface area contributed by atoms with Gasteiger partial charge in [-0.25, -0.2) is 0 Å². The van der Waals surface area contributed by atoms with Crippen LogP contribution < -0.4 is 5.32 Å². The first-order valence-electron chi connectivity index (χ1n) is 10.4. The number of carbonyl (C=O) groups excluding carboxylic acids is 2. The number of benzene rings is 2. The van der Waals surface area contributed by atoms with E-state index in [1.807, 2.05) is 30.3 Å². The van der Waals surface area contributed by atoms with Gasteiger partial charge >= 0.3 is 0 Å². The topological polar surface area (TPSA) is 49.4 Å². The quantitative estimate of drug-likeness (QED) is 0.450. The van der Waals surface area contributed by atoms with Crippen molar-refractivity contribution in [1.82, 2.24) is 10.2 Å². The summed E-state index contributed by atoms with van der Waals surface area (Å²) >= 11 is 7.71. The smallest absolute Gasteiger partial charge is 0.242 e. The van der Waals surface area contributed by atoms with Crippen LogP contribution in [0, 0.1) is 0 Å². The maximum Gasteiger partial charge on any atom is 0.242 e. The fourth-order valence-corrected chi connectivity index (χ4v) is 3.99. The summed E-state index contributed by atoms with van der Waals surface area (Å²) < 4.78 is 0. The van der Waals surface area contributed by atoms with Gasteiger partial charge in [-0.05, 0) is 36.6 Å². The van der Waals surface area contributed by atoms with Gasteiger partial charge in [0.15, 0.2) is 0 Å². The lowest BCUT2D eigenvalue weighted by atomic mass is 10.1. The van der Waals surface area contributed by atoms with Crippen LogP contribution in [-0.2, 0) is 21.9 Å². The molecule has 2 aromatic carbocycles. The van der Waals surface area contributed by atoms with Crippen molar-refractivity contribution in [1.29, 1.82) is 0 Å². The first kappa shape index (κ1) is 24.3. The van der Waals surface area contributed by atoms with Crippen LogP contribution in [0.15, 0.2) is 54.6 Å². The minimum absolute atomic E-state index is 0.0105. The molecule has 30 heavy (non-hydrogen) atoms. The van der Waals surface area contributed by atoms with E-state index in [1.54, 1.807) is 35.7 Å². The van der Waals surface area contributed by atoms with E-state index in [-0.39, 0.29) is 11.8 Å². The van der Waals surface area contributed by atoms with Crippen LogP contribution in [0.2, 0.25) is 5.02 Å². The number of hydrogen-bond acceptors (Lipinski definition) is 3. The van der Waals surface area contributed by atoms with Crippen molar-refractivity contribution >= 4 is 35.2 Å². The lowest BCUT2D eigenvalue weighted by Crippen LogP contribution is -2.47. The fraction of sp³-hybridized carbons (Fsp3) is 0.417. The second-order valence-electron chi connectivity index (χ2n) is 7.26. The van der Waals surface area contributed by atoms with E-state index in [4.69, 9.17) is 11.6 Å². The van der Waals surface area contributed by atoms with E-state index in [9.17, 15) is 9.59 Å². The van der Waals surface area contributed by atoms with Gasteiger partial charge in [-0.2, -0.15) is 11.8 Å². The van der Waals surface area contributed by atoms with Crippen LogP contribution in [0.1, 0.15) is 44.2 Å². The third-order valence-corrected chi connectivity index (χ3v) is 6.12. The Bertz CT molecular complexity index is 784. The molecule has 162 valence electrons. The van der Waals surface area contributed by atoms with Crippen LogP contribution in [0.5, 0.6) is 0 Å². The second-order valence-corrected chi connectivity index (χ2v) is 8.80. The molecule has 6 heteroatoms. The molecule has 2 aromatic rings. The predicted octanol–water partition coefficient (Wildman–Crippen LogP) is 5.30. The summed E-state index contributed by atoms with van der Waals surface area (Å²) in [7, 11) is 0. The summed E-state index contributed by atoms with van der Waals surface area (Å²) in [5.74, 6) is 1.47. The summed E-state index contributed by atoms with van der Waals surface area (Å²) in [6.07, 6.45) is 2.35. The molecule has 0 radical (unpaired) electrons. The molecule has 2 amide bonds. The lowest BCUT2D eigenvalue weighted by Gasteiger charge is -2.29. The number of halogens is 1. The number of unbranched alkanes of at least 4 members (excludes halogenated alkanes) is 1. The zero-order valence-corrected chi connectivity index (χ0v) is 19.3. The summed E-state index contributed by atoms with van der Waals surface area (Å²) in [6, 6.07) is 17.1. The first-order chi connectivity index (χ1) is 14.5. The second kappa shape index (κ2) is 13.3. The van der Waals surface area contributed by atoms with Crippen LogP contribution in [0.4, 0.5) is 0 Å². The van der Waals surface area contributed by atoms with Gasteiger partial charge in [-0.15, -0.1) is 0 Å². The minimum Gasteiger partial charge on any atom is -0.354 e. The van der Waals surface area contributed by atoms with Crippen LogP contribution in [0.3, 0.4) is 0 Å². The van der Waals surface area contributed by atoms with E-state index in [0.717, 1.165) is 29.9 Å². The third kappa shape index (κ3) is 8.41. The molecule has 0 saturated carbocycles. The van der Waals surface area contributed by atoms with E-state index in [1.165, 1.54) is 5.56 Å². The van der Waals surface area contributed by atoms with Crippen molar-refractivity contribution in [3.8, 4) is 0 Å². The maximum atomic E-state index is 13.0. The summed E-state index contributed by atoms with van der Waals surface area (Å²) in [5, 5.41) is 3.60. The molecule has 0 fully saturated rings. The van der Waals surface area contributed by atoms with Crippen molar-refractivity contribution in [2.45, 2.75) is 51.4 Å². The Hall–Kier alpha value is -1.98. The van der Waals surface area contributed by atoms with Gasteiger partial charge in [-0.3, -0.25) is 9.59 Å². The van der Waals surface area contributed by atoms with Gasteiger partial charge in [0.05, 0.1) is 0 Å². The SMILES string of the molecule is CCCCNC(=O)[C@H](C)N(Cc1ccc(Cl)cc1)C(=O)CCSCc1ccccc1. The van der Waals surface area contributed by atoms with Gasteiger partial charge in [0, 0.05) is 36.0 Å². The molecular weight excluding hydrogens is 416 g/mol. The maximum absolute atomic E-state index is 13.0. The van der Waals surface area contributed by atoms with Crippen LogP contribution in [-0.4, -0.2) is 35.1 Å². The minimum atomic E-state index is -0.524. The highest BCUT2D eigenvalue weighted by Gasteiger charge is 2.25. The highest BCUT2D eigenvalue weighted by molar-refractivity contribution is 7.98. The molecule has 4 nitrogen and oxygen atoms in total. The van der Waals surface area contributed by atoms with E-state index >= 15 is 0 Å². The van der Waals surface area contributed by atoms with Crippen molar-refractivity contribution in [2.75, 3.05) is 12.3 Å². The number of thioether (sulfide) groups is 1. The molecule has 0 bridgehead atoms. The Kier molecular flexibility index (Phi) is 10.8. The fourth-order valence-electron chi connectivity index (χ4n) is 2.97. The molecule has 0 unspecified atom stereocenters. The van der Waals surface area contributed by atoms with Gasteiger partial charge in [0.1, 0.15) is 6.04 Å².